The molecule has 0 aliphatic carbocycles. The van der Waals surface area contributed by atoms with Crippen molar-refractivity contribution in [1.82, 2.24) is 9.97 Å². The largest absolute Gasteiger partial charge is 0.319 e. The monoisotopic (exact) mass is 298 g/mol. The molecule has 0 atom stereocenters. The molecule has 2 aromatic heterocycles. The maximum Gasteiger partial charge on any atom is 0.319 e. The topological polar surface area (TPSA) is 98.0 Å². The van der Waals surface area contributed by atoms with E-state index in [1.807, 2.05) is 6.92 Å². The predicted octanol–water partition coefficient (Wildman–Crippen LogP) is 2.66. The average Bonchev–Trinajstić information content (AvgIpc) is 2.73. The molecule has 9 heteroatoms. The molecule has 0 aliphatic heterocycles. The molecule has 2 heterocycles. The van der Waals surface area contributed by atoms with Crippen LogP contribution in [0.15, 0.2) is 18.5 Å². The summed E-state index contributed by atoms with van der Waals surface area (Å²) in [7, 11) is 0. The van der Waals surface area contributed by atoms with Crippen molar-refractivity contribution in [1.29, 1.82) is 0 Å². The molecule has 19 heavy (non-hydrogen) atoms. The third-order valence-electron chi connectivity index (χ3n) is 2.15. The van der Waals surface area contributed by atoms with Gasteiger partial charge in [0.1, 0.15) is 5.56 Å². The van der Waals surface area contributed by atoms with Crippen molar-refractivity contribution in [2.75, 3.05) is 5.32 Å². The van der Waals surface area contributed by atoms with E-state index < -0.39 is 16.5 Å². The van der Waals surface area contributed by atoms with E-state index in [0.717, 1.165) is 4.88 Å². The second-order valence-electron chi connectivity index (χ2n) is 3.49. The molecule has 7 nitrogen and oxygen atoms in total. The van der Waals surface area contributed by atoms with Crippen molar-refractivity contribution in [3.63, 3.8) is 0 Å². The second-order valence-corrected chi connectivity index (χ2v) is 5.08. The zero-order chi connectivity index (χ0) is 14.0. The highest BCUT2D eigenvalue weighted by Gasteiger charge is 2.25. The first kappa shape index (κ1) is 13.4. The number of hydrogen-bond acceptors (Lipinski definition) is 6. The molecule has 0 saturated carbocycles. The van der Waals surface area contributed by atoms with Gasteiger partial charge in [-0.3, -0.25) is 20.2 Å². The number of anilines is 1. The van der Waals surface area contributed by atoms with E-state index >= 15 is 0 Å². The van der Waals surface area contributed by atoms with E-state index in [9.17, 15) is 14.9 Å². The van der Waals surface area contributed by atoms with Crippen LogP contribution in [-0.4, -0.2) is 20.8 Å². The maximum atomic E-state index is 12.0. The van der Waals surface area contributed by atoms with Crippen LogP contribution in [0.1, 0.15) is 15.2 Å². The van der Waals surface area contributed by atoms with Gasteiger partial charge in [0.05, 0.1) is 4.92 Å². The van der Waals surface area contributed by atoms with Gasteiger partial charge < -0.3 is 0 Å². The van der Waals surface area contributed by atoms with E-state index in [1.165, 1.54) is 23.6 Å². The van der Waals surface area contributed by atoms with Gasteiger partial charge in [-0.1, -0.05) is 11.6 Å². The summed E-state index contributed by atoms with van der Waals surface area (Å²) >= 11 is 6.90. The number of amides is 1. The molecule has 0 aromatic carbocycles. The zero-order valence-corrected chi connectivity index (χ0v) is 11.2. The molecule has 0 bridgehead atoms. The first-order valence-electron chi connectivity index (χ1n) is 5.01. The van der Waals surface area contributed by atoms with Gasteiger partial charge in [0.15, 0.2) is 5.13 Å². The van der Waals surface area contributed by atoms with Gasteiger partial charge in [0, 0.05) is 17.3 Å². The van der Waals surface area contributed by atoms with E-state index in [0.29, 0.717) is 5.13 Å². The van der Waals surface area contributed by atoms with E-state index in [2.05, 4.69) is 15.3 Å². The van der Waals surface area contributed by atoms with Crippen molar-refractivity contribution < 1.29 is 9.72 Å². The van der Waals surface area contributed by atoms with Crippen LogP contribution in [0.5, 0.6) is 0 Å². The minimum Gasteiger partial charge on any atom is -0.298 e. The lowest BCUT2D eigenvalue weighted by molar-refractivity contribution is -0.385. The summed E-state index contributed by atoms with van der Waals surface area (Å²) < 4.78 is 0. The summed E-state index contributed by atoms with van der Waals surface area (Å²) in [6.07, 6.45) is 2.82. The minimum atomic E-state index is -0.739. The van der Waals surface area contributed by atoms with Gasteiger partial charge in [0.2, 0.25) is 5.15 Å². The highest BCUT2D eigenvalue weighted by atomic mass is 35.5. The number of halogens is 1. The van der Waals surface area contributed by atoms with Crippen molar-refractivity contribution in [3.8, 4) is 0 Å². The highest BCUT2D eigenvalue weighted by Crippen LogP contribution is 2.27. The van der Waals surface area contributed by atoms with Crippen molar-refractivity contribution in [3.05, 3.63) is 44.2 Å². The Bertz CT molecular complexity index is 658. The maximum absolute atomic E-state index is 12.0. The quantitative estimate of drug-likeness (QED) is 0.533. The van der Waals surface area contributed by atoms with Gasteiger partial charge in [-0.25, -0.2) is 9.97 Å². The lowest BCUT2D eigenvalue weighted by Gasteiger charge is -2.03. The van der Waals surface area contributed by atoms with Crippen LogP contribution in [-0.2, 0) is 0 Å². The minimum absolute atomic E-state index is 0.155. The molecule has 2 rings (SSSR count). The van der Waals surface area contributed by atoms with Crippen molar-refractivity contribution >= 4 is 39.7 Å². The number of aromatic nitrogens is 2. The number of nitro groups is 1. The SMILES string of the molecule is Cc1cnc(NC(=O)c2ccnc(Cl)c2[N+](=O)[O-])s1. The fourth-order valence-electron chi connectivity index (χ4n) is 1.36. The molecule has 0 fully saturated rings. The Kier molecular flexibility index (Phi) is 3.72. The van der Waals surface area contributed by atoms with Gasteiger partial charge in [-0.05, 0) is 13.0 Å². The van der Waals surface area contributed by atoms with E-state index in [-0.39, 0.29) is 10.7 Å². The Labute approximate surface area is 116 Å². The molecule has 1 amide bonds. The molecular weight excluding hydrogens is 292 g/mol. The molecule has 0 radical (unpaired) electrons. The third kappa shape index (κ3) is 2.85. The molecule has 98 valence electrons. The van der Waals surface area contributed by atoms with E-state index in [4.69, 9.17) is 11.6 Å². The lowest BCUT2D eigenvalue weighted by Crippen LogP contribution is -2.14. The van der Waals surface area contributed by atoms with Crippen LogP contribution in [0.25, 0.3) is 0 Å². The Balaban J connectivity index is 2.34. The van der Waals surface area contributed by atoms with Gasteiger partial charge in [0.25, 0.3) is 5.91 Å². The molecule has 0 aliphatic rings. The molecule has 0 spiro atoms. The number of aryl methyl sites for hydroxylation is 1. The van der Waals surface area contributed by atoms with Gasteiger partial charge >= 0.3 is 5.69 Å². The molecule has 1 N–H and O–H groups in total. The second kappa shape index (κ2) is 5.29. The Morgan fingerprint density at radius 3 is 2.84 bits per heavy atom. The summed E-state index contributed by atoms with van der Waals surface area (Å²) in [5.41, 5.74) is -0.673. The number of pyridine rings is 1. The predicted molar refractivity (Wildman–Crippen MR) is 70.7 cm³/mol. The molecule has 2 aromatic rings. The fourth-order valence-corrected chi connectivity index (χ4v) is 2.25. The Morgan fingerprint density at radius 2 is 2.26 bits per heavy atom. The standard InChI is InChI=1S/C10H7ClN4O3S/c1-5-4-13-10(19-5)14-9(16)6-2-3-12-8(11)7(6)15(17)18/h2-4H,1H3,(H,13,14,16). The van der Waals surface area contributed by atoms with Crippen LogP contribution >= 0.6 is 22.9 Å². The number of thiazole rings is 1. The molecule has 0 unspecified atom stereocenters. The number of carbonyl (C=O) groups excluding carboxylic acids is 1. The van der Waals surface area contributed by atoms with Gasteiger partial charge in [-0.2, -0.15) is 0 Å². The fraction of sp³-hybridized carbons (Fsp3) is 0.100. The van der Waals surface area contributed by atoms with Crippen molar-refractivity contribution in [2.45, 2.75) is 6.92 Å². The molecular formula is C10H7ClN4O3S. The summed E-state index contributed by atoms with van der Waals surface area (Å²) in [5.74, 6) is -0.648. The third-order valence-corrected chi connectivity index (χ3v) is 3.25. The normalized spacial score (nSPS) is 10.2. The average molecular weight is 299 g/mol. The smallest absolute Gasteiger partial charge is 0.298 e. The summed E-state index contributed by atoms with van der Waals surface area (Å²) in [6, 6.07) is 1.24. The zero-order valence-electron chi connectivity index (χ0n) is 9.58. The van der Waals surface area contributed by atoms with Crippen LogP contribution < -0.4 is 5.32 Å². The van der Waals surface area contributed by atoms with Crippen molar-refractivity contribution in [2.24, 2.45) is 0 Å². The van der Waals surface area contributed by atoms with Crippen LogP contribution in [0.2, 0.25) is 5.15 Å². The Morgan fingerprint density at radius 1 is 1.53 bits per heavy atom. The Hall–Kier alpha value is -2.06. The highest BCUT2D eigenvalue weighted by molar-refractivity contribution is 7.15. The molecule has 0 saturated heterocycles. The van der Waals surface area contributed by atoms with Crippen LogP contribution in [0.4, 0.5) is 10.8 Å². The first-order chi connectivity index (χ1) is 8.99. The number of carbonyl (C=O) groups is 1. The van der Waals surface area contributed by atoms with Crippen LogP contribution in [0.3, 0.4) is 0 Å². The number of hydrogen-bond donors (Lipinski definition) is 1. The number of nitrogens with zero attached hydrogens (tertiary/aromatic N) is 3. The first-order valence-corrected chi connectivity index (χ1v) is 6.21. The van der Waals surface area contributed by atoms with Gasteiger partial charge in [-0.15, -0.1) is 11.3 Å². The summed E-state index contributed by atoms with van der Waals surface area (Å²) in [4.78, 5) is 30.6. The number of rotatable bonds is 3. The summed E-state index contributed by atoms with van der Waals surface area (Å²) in [5, 5.41) is 13.4. The summed E-state index contributed by atoms with van der Waals surface area (Å²) in [6.45, 7) is 1.83. The lowest BCUT2D eigenvalue weighted by atomic mass is 10.2. The van der Waals surface area contributed by atoms with E-state index in [1.54, 1.807) is 6.20 Å². The number of nitrogens with one attached hydrogen (secondary N) is 1. The van der Waals surface area contributed by atoms with Crippen LogP contribution in [0, 0.1) is 17.0 Å².